The molecule has 87 heavy (non-hydrogen) atoms. The van der Waals surface area contributed by atoms with Gasteiger partial charge < -0.3 is 0 Å². The molecule has 0 aliphatic heterocycles. The lowest BCUT2D eigenvalue weighted by atomic mass is 9.71. The molecular formula is C72H150S12Si3. The van der Waals surface area contributed by atoms with Gasteiger partial charge in [-0.15, -0.1) is 0 Å². The summed E-state index contributed by atoms with van der Waals surface area (Å²) >= 11 is 27.4. The van der Waals surface area contributed by atoms with E-state index in [-0.39, 0.29) is 0 Å². The van der Waals surface area contributed by atoms with Crippen LogP contribution in [0.5, 0.6) is 0 Å². The van der Waals surface area contributed by atoms with Crippen LogP contribution < -0.4 is 0 Å². The molecule has 0 saturated heterocycles. The van der Waals surface area contributed by atoms with Crippen LogP contribution in [0, 0.1) is 17.8 Å². The minimum absolute atomic E-state index is 0.350. The van der Waals surface area contributed by atoms with Crippen LogP contribution in [0.4, 0.5) is 0 Å². The molecule has 0 nitrogen and oxygen atoms in total. The molecule has 0 bridgehead atoms. The summed E-state index contributed by atoms with van der Waals surface area (Å²) in [4.78, 5) is 0. The van der Waals surface area contributed by atoms with Crippen LogP contribution in [-0.2, 0) is 0 Å². The summed E-state index contributed by atoms with van der Waals surface area (Å²) < 4.78 is 3.17. The SMILES string of the molecule is CC(C)(C)SCC[Si](CCSCCC1CCC(CCSCC[Si](CCSC(C)(C)C)(CCSC(C)(C)C)CCSC(C)(C)C)C(CCSCC[Si](CCSC(C)(C)C)(CCSC(C)(C)C)CCSC(C)(C)C)C1)(CCSC(C)(C)C)CCSC(C)(C)C. The van der Waals surface area contributed by atoms with Gasteiger partial charge in [0, 0.05) is 42.7 Å². The maximum absolute atomic E-state index is 2.44. The van der Waals surface area contributed by atoms with Gasteiger partial charge in [0.15, 0.2) is 0 Å². The highest BCUT2D eigenvalue weighted by molar-refractivity contribution is 8.03. The van der Waals surface area contributed by atoms with Gasteiger partial charge in [-0.25, -0.2) is 0 Å². The van der Waals surface area contributed by atoms with Crippen LogP contribution in [0.25, 0.3) is 0 Å². The van der Waals surface area contributed by atoms with Crippen molar-refractivity contribution >= 4 is 165 Å². The zero-order chi connectivity index (χ0) is 66.6. The van der Waals surface area contributed by atoms with Gasteiger partial charge in [0.25, 0.3) is 0 Å². The van der Waals surface area contributed by atoms with Crippen molar-refractivity contribution in [2.24, 2.45) is 17.8 Å². The van der Waals surface area contributed by atoms with Gasteiger partial charge in [0.05, 0.1) is 24.2 Å². The molecule has 0 radical (unpaired) electrons. The lowest BCUT2D eigenvalue weighted by Gasteiger charge is -2.37. The van der Waals surface area contributed by atoms with Crippen LogP contribution in [0.3, 0.4) is 0 Å². The molecule has 1 aliphatic carbocycles. The molecule has 1 rings (SSSR count). The Hall–Kier alpha value is 4.85. The molecule has 0 aromatic heterocycles. The molecular weight excluding hydrogens is 1330 g/mol. The van der Waals surface area contributed by atoms with Crippen molar-refractivity contribution in [3.63, 3.8) is 0 Å². The van der Waals surface area contributed by atoms with Crippen molar-refractivity contribution in [1.29, 1.82) is 0 Å². The minimum atomic E-state index is -1.46. The van der Waals surface area contributed by atoms with E-state index in [2.05, 4.69) is 328 Å². The summed E-state index contributed by atoms with van der Waals surface area (Å²) in [6.45, 7) is 65.9. The summed E-state index contributed by atoms with van der Waals surface area (Å²) in [5.74, 6) is 23.5. The Kier molecular flexibility index (Phi) is 44.2. The first-order valence-corrected chi connectivity index (χ1v) is 55.9. The molecule has 0 spiro atoms. The van der Waals surface area contributed by atoms with Crippen LogP contribution in [0.15, 0.2) is 0 Å². The van der Waals surface area contributed by atoms with E-state index in [1.165, 1.54) is 197 Å². The third-order valence-corrected chi connectivity index (χ3v) is 51.6. The summed E-state index contributed by atoms with van der Waals surface area (Å²) in [5, 5.41) is 0. The first kappa shape index (κ1) is 89.9. The molecule has 0 aromatic carbocycles. The zero-order valence-electron chi connectivity index (χ0n) is 63.0. The fraction of sp³-hybridized carbons (Fsp3) is 1.00. The predicted molar refractivity (Wildman–Crippen MR) is 455 cm³/mol. The molecule has 522 valence electrons. The van der Waals surface area contributed by atoms with Gasteiger partial charge in [-0.2, -0.15) is 141 Å². The maximum Gasteiger partial charge on any atom is 0.0568 e. The quantitative estimate of drug-likeness (QED) is 0.0421. The Bertz CT molecular complexity index is 1580. The molecule has 1 aliphatic rings. The molecule has 0 N–H and O–H groups in total. The normalized spacial score (nSPS) is 17.9. The van der Waals surface area contributed by atoms with Gasteiger partial charge >= 0.3 is 0 Å². The van der Waals surface area contributed by atoms with E-state index >= 15 is 0 Å². The number of thioether (sulfide) groups is 12. The van der Waals surface area contributed by atoms with Gasteiger partial charge in [-0.05, 0) is 209 Å². The highest BCUT2D eigenvalue weighted by Gasteiger charge is 2.38. The highest BCUT2D eigenvalue weighted by Crippen LogP contribution is 2.45. The van der Waals surface area contributed by atoms with E-state index in [1.807, 2.05) is 0 Å². The van der Waals surface area contributed by atoms with Gasteiger partial charge in [0.2, 0.25) is 0 Å². The topological polar surface area (TPSA) is 0 Å². The van der Waals surface area contributed by atoms with E-state index in [4.69, 9.17) is 0 Å². The highest BCUT2D eigenvalue weighted by atomic mass is 32.2. The average molecular weight is 1490 g/mol. The summed E-state index contributed by atoms with van der Waals surface area (Å²) in [5.41, 5.74) is 0. The van der Waals surface area contributed by atoms with E-state index < -0.39 is 24.2 Å². The zero-order valence-corrected chi connectivity index (χ0v) is 75.8. The standard InChI is InChI=1S/C72H150S12Si3/c1-64(2,3)76-39-51-85(52-40-77-65(4,5)6,53-41-78-66(7,8)9)48-36-73-33-30-61-28-29-62(31-34-74-37-49-86(54-42-79-67(10,11)12,55-43-80-68(13,14)15)56-44-81-69(16,17)18)63(60-61)32-35-75-38-50-87(57-45-82-70(19,20)21,58-46-83-71(22,23)24)59-47-84-72(25,26)27/h61-63H,28-60H2,1-27H3. The van der Waals surface area contributed by atoms with Gasteiger partial charge in [0.1, 0.15) is 0 Å². The van der Waals surface area contributed by atoms with Crippen LogP contribution in [0.2, 0.25) is 72.5 Å². The summed E-state index contributed by atoms with van der Waals surface area (Å²) in [7, 11) is -4.36. The number of hydrogen-bond acceptors (Lipinski definition) is 12. The number of rotatable bonds is 45. The first-order valence-electron chi connectivity index (χ1n) is 35.1. The average Bonchev–Trinajstić information content (AvgIpc) is 2.53. The molecule has 0 aromatic rings. The molecule has 15 heteroatoms. The molecule has 0 amide bonds. The monoisotopic (exact) mass is 1480 g/mol. The molecule has 0 heterocycles. The lowest BCUT2D eigenvalue weighted by molar-refractivity contribution is 0.169. The van der Waals surface area contributed by atoms with E-state index in [1.54, 1.807) is 0 Å². The lowest BCUT2D eigenvalue weighted by Crippen LogP contribution is -2.38. The van der Waals surface area contributed by atoms with Crippen molar-refractivity contribution in [3.8, 4) is 0 Å². The number of hydrogen-bond donors (Lipinski definition) is 0. The van der Waals surface area contributed by atoms with Crippen molar-refractivity contribution < 1.29 is 0 Å². The second-order valence-electron chi connectivity index (χ2n) is 35.5. The van der Waals surface area contributed by atoms with Crippen LogP contribution >= 0.6 is 141 Å². The fourth-order valence-electron chi connectivity index (χ4n) is 11.7. The van der Waals surface area contributed by atoms with Gasteiger partial charge in [-0.1, -0.05) is 193 Å². The molecule has 3 atom stereocenters. The van der Waals surface area contributed by atoms with Crippen molar-refractivity contribution in [3.05, 3.63) is 0 Å². The fourth-order valence-corrected chi connectivity index (χ4v) is 50.0. The Balaban J connectivity index is 3.44. The third-order valence-electron chi connectivity index (χ3n) is 17.0. The molecule has 3 unspecified atom stereocenters. The Morgan fingerprint density at radius 1 is 0.218 bits per heavy atom. The summed E-state index contributed by atoms with van der Waals surface area (Å²) in [6, 6.07) is 18.3. The predicted octanol–water partition coefficient (Wildman–Crippen LogP) is 27.5. The Morgan fingerprint density at radius 2 is 0.402 bits per heavy atom. The van der Waals surface area contributed by atoms with Crippen molar-refractivity contribution in [2.45, 2.75) is 341 Å². The summed E-state index contributed by atoms with van der Waals surface area (Å²) in [6.07, 6.45) is 8.91. The first-order chi connectivity index (χ1) is 39.6. The Morgan fingerprint density at radius 3 is 0.609 bits per heavy atom. The Labute approximate surface area is 603 Å². The maximum atomic E-state index is 2.44. The largest absolute Gasteiger partial charge is 0.162 e. The minimum Gasteiger partial charge on any atom is -0.162 e. The van der Waals surface area contributed by atoms with E-state index in [9.17, 15) is 0 Å². The van der Waals surface area contributed by atoms with Crippen molar-refractivity contribution in [1.82, 2.24) is 0 Å². The smallest absolute Gasteiger partial charge is 0.0568 e. The third kappa shape index (κ3) is 52.5. The van der Waals surface area contributed by atoms with Gasteiger partial charge in [-0.3, -0.25) is 0 Å². The second-order valence-corrected chi connectivity index (χ2v) is 71.5. The molecule has 1 saturated carbocycles. The van der Waals surface area contributed by atoms with Crippen LogP contribution in [0.1, 0.15) is 225 Å². The second kappa shape index (κ2) is 42.8. The van der Waals surface area contributed by atoms with Crippen molar-refractivity contribution in [2.75, 3.05) is 86.3 Å². The molecule has 1 fully saturated rings. The van der Waals surface area contributed by atoms with E-state index in [0.29, 0.717) is 42.7 Å². The van der Waals surface area contributed by atoms with E-state index in [0.717, 1.165) is 17.8 Å². The van der Waals surface area contributed by atoms with Crippen LogP contribution in [-0.4, -0.2) is 153 Å².